The zero-order valence-corrected chi connectivity index (χ0v) is 15.2. The van der Waals surface area contributed by atoms with Crippen molar-refractivity contribution in [3.05, 3.63) is 30.3 Å². The van der Waals surface area contributed by atoms with Crippen LogP contribution in [0.4, 0.5) is 0 Å². The largest absolute Gasteiger partial charge is 0.492 e. The van der Waals surface area contributed by atoms with E-state index in [1.165, 1.54) is 0 Å². The van der Waals surface area contributed by atoms with Gasteiger partial charge >= 0.3 is 0 Å². The summed E-state index contributed by atoms with van der Waals surface area (Å²) in [5, 5.41) is 6.59. The average Bonchev–Trinajstić information content (AvgIpc) is 2.49. The Hall–Kier alpha value is -1.75. The normalized spacial score (nSPS) is 12.3. The van der Waals surface area contributed by atoms with E-state index in [-0.39, 0.29) is 5.41 Å². The standard InChI is InChI=1S/C18H32N4O/c1-6-19-17(21-14-18(2,3)15-22(4)5)20-12-13-23-16-10-8-7-9-11-16/h7-11H,6,12-15H2,1-5H3,(H2,19,20,21). The summed E-state index contributed by atoms with van der Waals surface area (Å²) in [7, 11) is 4.19. The molecule has 0 aliphatic rings. The fourth-order valence-corrected chi connectivity index (χ4v) is 2.40. The van der Waals surface area contributed by atoms with Crippen molar-refractivity contribution < 1.29 is 4.74 Å². The zero-order valence-electron chi connectivity index (χ0n) is 15.2. The molecule has 0 saturated carbocycles. The Balaban J connectivity index is 2.40. The summed E-state index contributed by atoms with van der Waals surface area (Å²) < 4.78 is 5.68. The Bertz CT molecular complexity index is 457. The van der Waals surface area contributed by atoms with Crippen LogP contribution in [-0.2, 0) is 0 Å². The van der Waals surface area contributed by atoms with Crippen LogP contribution in [0, 0.1) is 5.41 Å². The first kappa shape index (κ1) is 19.3. The van der Waals surface area contributed by atoms with Gasteiger partial charge in [-0.1, -0.05) is 32.0 Å². The summed E-state index contributed by atoms with van der Waals surface area (Å²) in [5.41, 5.74) is 0.145. The second kappa shape index (κ2) is 10.1. The molecular weight excluding hydrogens is 288 g/mol. The maximum atomic E-state index is 5.68. The SMILES string of the molecule is CCNC(=NCC(C)(C)CN(C)C)NCCOc1ccccc1. The first-order valence-corrected chi connectivity index (χ1v) is 8.28. The van der Waals surface area contributed by atoms with Crippen molar-refractivity contribution in [3.8, 4) is 5.75 Å². The van der Waals surface area contributed by atoms with E-state index in [2.05, 4.69) is 50.4 Å². The minimum absolute atomic E-state index is 0.145. The minimum Gasteiger partial charge on any atom is -0.492 e. The lowest BCUT2D eigenvalue weighted by Crippen LogP contribution is -2.40. The van der Waals surface area contributed by atoms with Crippen LogP contribution in [0.1, 0.15) is 20.8 Å². The Labute approximate surface area is 141 Å². The third-order valence-electron chi connectivity index (χ3n) is 3.16. The lowest BCUT2D eigenvalue weighted by molar-refractivity contribution is 0.248. The molecule has 0 aliphatic heterocycles. The highest BCUT2D eigenvalue weighted by atomic mass is 16.5. The molecule has 0 saturated heterocycles. The molecule has 0 spiro atoms. The minimum atomic E-state index is 0.145. The Morgan fingerprint density at radius 1 is 1.17 bits per heavy atom. The third-order valence-corrected chi connectivity index (χ3v) is 3.16. The molecule has 0 aliphatic carbocycles. The van der Waals surface area contributed by atoms with Crippen LogP contribution < -0.4 is 15.4 Å². The predicted molar refractivity (Wildman–Crippen MR) is 98.3 cm³/mol. The fourth-order valence-electron chi connectivity index (χ4n) is 2.40. The monoisotopic (exact) mass is 320 g/mol. The van der Waals surface area contributed by atoms with Crippen LogP contribution in [0.25, 0.3) is 0 Å². The van der Waals surface area contributed by atoms with Crippen LogP contribution in [-0.4, -0.2) is 57.7 Å². The number of benzene rings is 1. The van der Waals surface area contributed by atoms with Gasteiger partial charge in [0, 0.05) is 19.6 Å². The van der Waals surface area contributed by atoms with E-state index in [1.54, 1.807) is 0 Å². The van der Waals surface area contributed by atoms with Crippen LogP contribution in [0.3, 0.4) is 0 Å². The fraction of sp³-hybridized carbons (Fsp3) is 0.611. The number of nitrogens with one attached hydrogen (secondary N) is 2. The van der Waals surface area contributed by atoms with Gasteiger partial charge in [-0.3, -0.25) is 4.99 Å². The van der Waals surface area contributed by atoms with Crippen LogP contribution >= 0.6 is 0 Å². The first-order valence-electron chi connectivity index (χ1n) is 8.28. The van der Waals surface area contributed by atoms with E-state index >= 15 is 0 Å². The summed E-state index contributed by atoms with van der Waals surface area (Å²) in [5.74, 6) is 1.74. The van der Waals surface area contributed by atoms with Crippen molar-refractivity contribution in [1.29, 1.82) is 0 Å². The van der Waals surface area contributed by atoms with Crippen LogP contribution in [0.15, 0.2) is 35.3 Å². The lowest BCUT2D eigenvalue weighted by Gasteiger charge is -2.26. The van der Waals surface area contributed by atoms with Crippen molar-refractivity contribution in [2.75, 3.05) is 46.9 Å². The highest BCUT2D eigenvalue weighted by Gasteiger charge is 2.18. The van der Waals surface area contributed by atoms with Gasteiger partial charge < -0.3 is 20.3 Å². The molecule has 1 rings (SSSR count). The highest BCUT2D eigenvalue weighted by molar-refractivity contribution is 5.79. The molecule has 0 amide bonds. The van der Waals surface area contributed by atoms with Gasteiger partial charge in [0.2, 0.25) is 0 Å². The van der Waals surface area contributed by atoms with Gasteiger partial charge in [0.25, 0.3) is 0 Å². The van der Waals surface area contributed by atoms with E-state index < -0.39 is 0 Å². The number of hydrogen-bond donors (Lipinski definition) is 2. The summed E-state index contributed by atoms with van der Waals surface area (Å²) in [4.78, 5) is 6.89. The van der Waals surface area contributed by atoms with Crippen LogP contribution in [0.2, 0.25) is 0 Å². The highest BCUT2D eigenvalue weighted by Crippen LogP contribution is 2.15. The van der Waals surface area contributed by atoms with E-state index in [4.69, 9.17) is 9.73 Å². The van der Waals surface area contributed by atoms with Crippen molar-refractivity contribution in [2.45, 2.75) is 20.8 Å². The number of rotatable bonds is 9. The van der Waals surface area contributed by atoms with Gasteiger partial charge in [0.05, 0.1) is 6.54 Å². The lowest BCUT2D eigenvalue weighted by atomic mass is 9.93. The summed E-state index contributed by atoms with van der Waals surface area (Å²) in [6.45, 7) is 10.5. The third kappa shape index (κ3) is 9.08. The Kier molecular flexibility index (Phi) is 8.48. The molecule has 0 bridgehead atoms. The molecule has 0 heterocycles. The van der Waals surface area contributed by atoms with E-state index in [0.29, 0.717) is 6.61 Å². The van der Waals surface area contributed by atoms with Crippen molar-refractivity contribution >= 4 is 5.96 Å². The molecule has 5 heteroatoms. The maximum absolute atomic E-state index is 5.68. The second-order valence-corrected chi connectivity index (χ2v) is 6.69. The van der Waals surface area contributed by atoms with Crippen molar-refractivity contribution in [1.82, 2.24) is 15.5 Å². The molecule has 1 aromatic carbocycles. The number of hydrogen-bond acceptors (Lipinski definition) is 3. The number of ether oxygens (including phenoxy) is 1. The number of para-hydroxylation sites is 1. The van der Waals surface area contributed by atoms with Crippen LogP contribution in [0.5, 0.6) is 5.75 Å². The molecule has 2 N–H and O–H groups in total. The summed E-state index contributed by atoms with van der Waals surface area (Å²) in [6.07, 6.45) is 0. The molecule has 23 heavy (non-hydrogen) atoms. The quantitative estimate of drug-likeness (QED) is 0.416. The molecule has 0 atom stereocenters. The van der Waals surface area contributed by atoms with E-state index in [9.17, 15) is 0 Å². The van der Waals surface area contributed by atoms with Gasteiger partial charge in [-0.15, -0.1) is 0 Å². The van der Waals surface area contributed by atoms with Gasteiger partial charge in [-0.25, -0.2) is 0 Å². The molecular formula is C18H32N4O. The smallest absolute Gasteiger partial charge is 0.191 e. The van der Waals surface area contributed by atoms with Crippen molar-refractivity contribution in [2.24, 2.45) is 10.4 Å². The van der Waals surface area contributed by atoms with E-state index in [0.717, 1.165) is 37.9 Å². The van der Waals surface area contributed by atoms with E-state index in [1.807, 2.05) is 30.3 Å². The van der Waals surface area contributed by atoms with Gasteiger partial charge in [-0.05, 0) is 38.6 Å². The number of nitrogens with zero attached hydrogens (tertiary/aromatic N) is 2. The predicted octanol–water partition coefficient (Wildman–Crippen LogP) is 2.21. The second-order valence-electron chi connectivity index (χ2n) is 6.69. The average molecular weight is 320 g/mol. The Morgan fingerprint density at radius 2 is 1.87 bits per heavy atom. The zero-order chi connectivity index (χ0) is 17.1. The first-order chi connectivity index (χ1) is 10.9. The molecule has 5 nitrogen and oxygen atoms in total. The molecule has 0 unspecified atom stereocenters. The molecule has 130 valence electrons. The van der Waals surface area contributed by atoms with Gasteiger partial charge in [0.15, 0.2) is 5.96 Å². The van der Waals surface area contributed by atoms with Crippen molar-refractivity contribution in [3.63, 3.8) is 0 Å². The topological polar surface area (TPSA) is 48.9 Å². The molecule has 0 aromatic heterocycles. The molecule has 1 aromatic rings. The maximum Gasteiger partial charge on any atom is 0.191 e. The number of aliphatic imine (C=N–C) groups is 1. The number of guanidine groups is 1. The van der Waals surface area contributed by atoms with Gasteiger partial charge in [0.1, 0.15) is 12.4 Å². The Morgan fingerprint density at radius 3 is 2.48 bits per heavy atom. The van der Waals surface area contributed by atoms with Gasteiger partial charge in [-0.2, -0.15) is 0 Å². The summed E-state index contributed by atoms with van der Waals surface area (Å²) in [6, 6.07) is 9.85. The molecule has 0 radical (unpaired) electrons. The molecule has 0 fully saturated rings. The summed E-state index contributed by atoms with van der Waals surface area (Å²) >= 11 is 0.